The number of anilines is 1. The number of hydrogen-bond acceptors (Lipinski definition) is 2. The van der Waals surface area contributed by atoms with Crippen LogP contribution in [-0.4, -0.2) is 42.1 Å². The van der Waals surface area contributed by atoms with Crippen molar-refractivity contribution >= 4 is 17.7 Å². The molecule has 1 unspecified atom stereocenters. The van der Waals surface area contributed by atoms with Crippen LogP contribution in [-0.2, 0) is 11.2 Å². The maximum Gasteiger partial charge on any atom is 0.324 e. The Kier molecular flexibility index (Phi) is 4.27. The lowest BCUT2D eigenvalue weighted by Crippen LogP contribution is -2.45. The van der Waals surface area contributed by atoms with Crippen molar-refractivity contribution in [1.82, 2.24) is 4.90 Å². The normalized spacial score (nSPS) is 15.4. The summed E-state index contributed by atoms with van der Waals surface area (Å²) in [7, 11) is 1.65. The third-order valence-corrected chi connectivity index (χ3v) is 3.64. The minimum atomic E-state index is -0.885. The van der Waals surface area contributed by atoms with Gasteiger partial charge >= 0.3 is 12.0 Å². The van der Waals surface area contributed by atoms with Gasteiger partial charge in [-0.3, -0.25) is 9.69 Å². The van der Waals surface area contributed by atoms with E-state index in [9.17, 15) is 9.59 Å². The number of carboxylic acid groups (broad SMARTS) is 1. The molecule has 0 radical (unpaired) electrons. The molecule has 0 bridgehead atoms. The number of hydrogen-bond donors (Lipinski definition) is 1. The molecule has 1 aromatic rings. The highest BCUT2D eigenvalue weighted by molar-refractivity contribution is 5.93. The summed E-state index contributed by atoms with van der Waals surface area (Å²) >= 11 is 0. The third kappa shape index (κ3) is 2.92. The zero-order chi connectivity index (χ0) is 14.7. The van der Waals surface area contributed by atoms with Gasteiger partial charge in [0, 0.05) is 25.8 Å². The van der Waals surface area contributed by atoms with Gasteiger partial charge in [0.25, 0.3) is 0 Å². The molecule has 1 atom stereocenters. The standard InChI is InChI=1S/C15H20N2O3/c1-11(14(18)19)10-16(2)15(20)17-9-5-7-12-6-3-4-8-13(12)17/h3-4,6,8,11H,5,7,9-10H2,1-2H3,(H,18,19). The first-order valence-corrected chi connectivity index (χ1v) is 6.84. The van der Waals surface area contributed by atoms with Gasteiger partial charge in [-0.25, -0.2) is 4.79 Å². The van der Waals surface area contributed by atoms with Crippen molar-refractivity contribution in [2.45, 2.75) is 19.8 Å². The molecule has 108 valence electrons. The first-order valence-electron chi connectivity index (χ1n) is 6.84. The first-order chi connectivity index (χ1) is 9.50. The average molecular weight is 276 g/mol. The van der Waals surface area contributed by atoms with Crippen LogP contribution >= 0.6 is 0 Å². The molecule has 1 aromatic carbocycles. The van der Waals surface area contributed by atoms with Crippen molar-refractivity contribution in [3.05, 3.63) is 29.8 Å². The molecule has 0 saturated heterocycles. The van der Waals surface area contributed by atoms with Gasteiger partial charge in [0.2, 0.25) is 0 Å². The Bertz CT molecular complexity index is 516. The smallest absolute Gasteiger partial charge is 0.324 e. The molecular weight excluding hydrogens is 256 g/mol. The van der Waals surface area contributed by atoms with E-state index in [1.54, 1.807) is 18.9 Å². The summed E-state index contributed by atoms with van der Waals surface area (Å²) in [6.45, 7) is 2.50. The second-order valence-corrected chi connectivity index (χ2v) is 5.29. The molecule has 1 heterocycles. The van der Waals surface area contributed by atoms with Gasteiger partial charge in [0.15, 0.2) is 0 Å². The highest BCUT2D eigenvalue weighted by Crippen LogP contribution is 2.27. The SMILES string of the molecule is CC(CN(C)C(=O)N1CCCc2ccccc21)C(=O)O. The van der Waals surface area contributed by atoms with Gasteiger partial charge in [0.05, 0.1) is 5.92 Å². The number of aliphatic carboxylic acids is 1. The number of amides is 2. The Morgan fingerprint density at radius 3 is 2.80 bits per heavy atom. The highest BCUT2D eigenvalue weighted by atomic mass is 16.4. The van der Waals surface area contributed by atoms with E-state index in [0.717, 1.165) is 18.5 Å². The molecule has 2 amide bonds. The molecule has 5 heteroatoms. The summed E-state index contributed by atoms with van der Waals surface area (Å²) in [6, 6.07) is 7.74. The quantitative estimate of drug-likeness (QED) is 0.920. The van der Waals surface area contributed by atoms with Crippen molar-refractivity contribution in [1.29, 1.82) is 0 Å². The molecule has 0 aliphatic carbocycles. The number of aryl methyl sites for hydroxylation is 1. The Hall–Kier alpha value is -2.04. The monoisotopic (exact) mass is 276 g/mol. The highest BCUT2D eigenvalue weighted by Gasteiger charge is 2.26. The molecule has 2 rings (SSSR count). The Morgan fingerprint density at radius 2 is 2.10 bits per heavy atom. The average Bonchev–Trinajstić information content (AvgIpc) is 2.45. The van der Waals surface area contributed by atoms with Crippen molar-refractivity contribution in [2.24, 2.45) is 5.92 Å². The van der Waals surface area contributed by atoms with Gasteiger partial charge < -0.3 is 10.0 Å². The lowest BCUT2D eigenvalue weighted by molar-refractivity contribution is -0.141. The lowest BCUT2D eigenvalue weighted by Gasteiger charge is -2.33. The van der Waals surface area contributed by atoms with Crippen LogP contribution in [0.1, 0.15) is 18.9 Å². The molecule has 20 heavy (non-hydrogen) atoms. The largest absolute Gasteiger partial charge is 0.481 e. The minimum absolute atomic E-state index is 0.134. The molecule has 1 aliphatic rings. The molecule has 1 aliphatic heterocycles. The summed E-state index contributed by atoms with van der Waals surface area (Å²) in [5.74, 6) is -1.45. The Labute approximate surface area is 118 Å². The van der Waals surface area contributed by atoms with Gasteiger partial charge in [-0.05, 0) is 24.5 Å². The predicted octanol–water partition coefficient (Wildman–Crippen LogP) is 2.21. The van der Waals surface area contributed by atoms with Gasteiger partial charge in [0.1, 0.15) is 0 Å². The van der Waals surface area contributed by atoms with Gasteiger partial charge in [-0.15, -0.1) is 0 Å². The van der Waals surface area contributed by atoms with Crippen molar-refractivity contribution in [3.8, 4) is 0 Å². The van der Waals surface area contributed by atoms with Crippen LogP contribution in [0.15, 0.2) is 24.3 Å². The summed E-state index contributed by atoms with van der Waals surface area (Å²) in [5, 5.41) is 8.93. The molecule has 0 spiro atoms. The van der Waals surface area contributed by atoms with E-state index in [-0.39, 0.29) is 12.6 Å². The number of benzene rings is 1. The van der Waals surface area contributed by atoms with Crippen LogP contribution in [0.25, 0.3) is 0 Å². The van der Waals surface area contributed by atoms with E-state index in [0.29, 0.717) is 6.54 Å². The van der Waals surface area contributed by atoms with E-state index < -0.39 is 11.9 Å². The Morgan fingerprint density at radius 1 is 1.40 bits per heavy atom. The fourth-order valence-corrected chi connectivity index (χ4v) is 2.51. The predicted molar refractivity (Wildman–Crippen MR) is 76.9 cm³/mol. The number of nitrogens with zero attached hydrogens (tertiary/aromatic N) is 2. The summed E-state index contributed by atoms with van der Waals surface area (Å²) < 4.78 is 0. The summed E-state index contributed by atoms with van der Waals surface area (Å²) in [5.41, 5.74) is 2.12. The second-order valence-electron chi connectivity index (χ2n) is 5.29. The number of fused-ring (bicyclic) bond motifs is 1. The molecule has 0 fully saturated rings. The number of carboxylic acids is 1. The minimum Gasteiger partial charge on any atom is -0.481 e. The number of rotatable bonds is 3. The van der Waals surface area contributed by atoms with E-state index >= 15 is 0 Å². The number of carbonyl (C=O) groups excluding carboxylic acids is 1. The molecular formula is C15H20N2O3. The van der Waals surface area contributed by atoms with Gasteiger partial charge in [-0.2, -0.15) is 0 Å². The third-order valence-electron chi connectivity index (χ3n) is 3.64. The fourth-order valence-electron chi connectivity index (χ4n) is 2.51. The summed E-state index contributed by atoms with van der Waals surface area (Å²) in [6.07, 6.45) is 1.92. The first kappa shape index (κ1) is 14.4. The molecule has 5 nitrogen and oxygen atoms in total. The number of para-hydroxylation sites is 1. The molecule has 0 saturated carbocycles. The topological polar surface area (TPSA) is 60.9 Å². The molecule has 1 N–H and O–H groups in total. The van der Waals surface area contributed by atoms with Crippen molar-refractivity contribution in [2.75, 3.05) is 25.0 Å². The second kappa shape index (κ2) is 5.94. The van der Waals surface area contributed by atoms with E-state index in [4.69, 9.17) is 5.11 Å². The summed E-state index contributed by atoms with van der Waals surface area (Å²) in [4.78, 5) is 26.6. The van der Waals surface area contributed by atoms with Crippen LogP contribution in [0.5, 0.6) is 0 Å². The van der Waals surface area contributed by atoms with Crippen molar-refractivity contribution in [3.63, 3.8) is 0 Å². The van der Waals surface area contributed by atoms with Crippen LogP contribution < -0.4 is 4.90 Å². The van der Waals surface area contributed by atoms with Crippen molar-refractivity contribution < 1.29 is 14.7 Å². The maximum absolute atomic E-state index is 12.5. The van der Waals surface area contributed by atoms with E-state index in [1.165, 1.54) is 10.5 Å². The molecule has 0 aromatic heterocycles. The van der Waals surface area contributed by atoms with Crippen LogP contribution in [0.3, 0.4) is 0 Å². The van der Waals surface area contributed by atoms with E-state index in [1.807, 2.05) is 24.3 Å². The van der Waals surface area contributed by atoms with Crippen LogP contribution in [0, 0.1) is 5.92 Å². The zero-order valence-corrected chi connectivity index (χ0v) is 11.9. The number of carbonyl (C=O) groups is 2. The Balaban J connectivity index is 2.12. The lowest BCUT2D eigenvalue weighted by atomic mass is 10.0. The number of urea groups is 1. The van der Waals surface area contributed by atoms with Crippen LogP contribution in [0.4, 0.5) is 10.5 Å². The van der Waals surface area contributed by atoms with E-state index in [2.05, 4.69) is 0 Å². The zero-order valence-electron chi connectivity index (χ0n) is 11.9. The van der Waals surface area contributed by atoms with Crippen LogP contribution in [0.2, 0.25) is 0 Å². The maximum atomic E-state index is 12.5. The van der Waals surface area contributed by atoms with Gasteiger partial charge in [-0.1, -0.05) is 25.1 Å². The fraction of sp³-hybridized carbons (Fsp3) is 0.467.